The smallest absolute Gasteiger partial charge is 0.257 e. The molecule has 1 N–H and O–H groups in total. The van der Waals surface area contributed by atoms with Gasteiger partial charge in [-0.15, -0.1) is 10.2 Å². The maximum atomic E-state index is 12.5. The minimum absolute atomic E-state index is 0.0942. The summed E-state index contributed by atoms with van der Waals surface area (Å²) < 4.78 is 11.4. The highest BCUT2D eigenvalue weighted by atomic mass is 32.1. The monoisotopic (exact) mass is 375 g/mol. The third kappa shape index (κ3) is 4.33. The highest BCUT2D eigenvalue weighted by Crippen LogP contribution is 2.33. The van der Waals surface area contributed by atoms with E-state index in [1.54, 1.807) is 25.3 Å². The van der Waals surface area contributed by atoms with Gasteiger partial charge in [0.25, 0.3) is 5.91 Å². The van der Waals surface area contributed by atoms with Crippen molar-refractivity contribution >= 4 is 22.4 Å². The molecule has 6 nitrogen and oxygen atoms in total. The molecule has 0 saturated heterocycles. The molecular formula is C19H25N3O3S. The number of hydrogen-bond acceptors (Lipinski definition) is 6. The van der Waals surface area contributed by atoms with Crippen LogP contribution in [0.3, 0.4) is 0 Å². The zero-order valence-electron chi connectivity index (χ0n) is 15.7. The van der Waals surface area contributed by atoms with E-state index in [1.165, 1.54) is 24.2 Å². The molecule has 1 amide bonds. The number of aromatic nitrogens is 2. The van der Waals surface area contributed by atoms with Gasteiger partial charge < -0.3 is 9.47 Å². The van der Waals surface area contributed by atoms with E-state index in [0.29, 0.717) is 22.2 Å². The van der Waals surface area contributed by atoms with Crippen molar-refractivity contribution in [2.75, 3.05) is 12.4 Å². The number of benzene rings is 1. The fourth-order valence-electron chi connectivity index (χ4n) is 2.84. The summed E-state index contributed by atoms with van der Waals surface area (Å²) in [7, 11) is 1.58. The van der Waals surface area contributed by atoms with Gasteiger partial charge in [-0.2, -0.15) is 0 Å². The van der Waals surface area contributed by atoms with Gasteiger partial charge in [-0.3, -0.25) is 10.1 Å². The average Bonchev–Trinajstić information content (AvgIpc) is 3.26. The van der Waals surface area contributed by atoms with Crippen molar-refractivity contribution in [3.63, 3.8) is 0 Å². The van der Waals surface area contributed by atoms with Crippen LogP contribution in [-0.4, -0.2) is 29.3 Å². The summed E-state index contributed by atoms with van der Waals surface area (Å²) in [6.07, 6.45) is 4.77. The predicted molar refractivity (Wildman–Crippen MR) is 102 cm³/mol. The Morgan fingerprint density at radius 1 is 1.19 bits per heavy atom. The van der Waals surface area contributed by atoms with Crippen molar-refractivity contribution in [1.82, 2.24) is 10.2 Å². The Morgan fingerprint density at radius 2 is 1.92 bits per heavy atom. The van der Waals surface area contributed by atoms with Gasteiger partial charge in [0.2, 0.25) is 5.13 Å². The molecule has 1 fully saturated rings. The zero-order valence-corrected chi connectivity index (χ0v) is 16.5. The molecule has 7 heteroatoms. The van der Waals surface area contributed by atoms with Crippen LogP contribution in [0, 0.1) is 0 Å². The van der Waals surface area contributed by atoms with Gasteiger partial charge in [0.05, 0.1) is 13.2 Å². The molecule has 0 unspecified atom stereocenters. The normalized spacial score (nSPS) is 15.1. The highest BCUT2D eigenvalue weighted by Gasteiger charge is 2.22. The van der Waals surface area contributed by atoms with E-state index >= 15 is 0 Å². The molecule has 1 aliphatic rings. The van der Waals surface area contributed by atoms with Crippen molar-refractivity contribution in [3.05, 3.63) is 28.8 Å². The van der Waals surface area contributed by atoms with Crippen molar-refractivity contribution in [2.24, 2.45) is 0 Å². The molecule has 1 saturated carbocycles. The number of hydrogen-bond donors (Lipinski definition) is 1. The minimum Gasteiger partial charge on any atom is -0.493 e. The number of amides is 1. The number of methoxy groups -OCH3 is 1. The lowest BCUT2D eigenvalue weighted by molar-refractivity contribution is 0.102. The molecule has 1 aromatic heterocycles. The number of rotatable bonds is 5. The van der Waals surface area contributed by atoms with Crippen molar-refractivity contribution < 1.29 is 14.3 Å². The van der Waals surface area contributed by atoms with Crippen molar-refractivity contribution in [1.29, 1.82) is 0 Å². The molecule has 3 rings (SSSR count). The number of carbonyl (C=O) groups is 1. The SMILES string of the molecule is COc1cc(C(=O)Nc2nnc(C(C)(C)C)s2)ccc1OC1CCCC1. The summed E-state index contributed by atoms with van der Waals surface area (Å²) in [5.41, 5.74) is 0.399. The average molecular weight is 375 g/mol. The van der Waals surface area contributed by atoms with Crippen LogP contribution in [-0.2, 0) is 5.41 Å². The Balaban J connectivity index is 1.71. The van der Waals surface area contributed by atoms with Gasteiger partial charge >= 0.3 is 0 Å². The van der Waals surface area contributed by atoms with Gasteiger partial charge in [-0.25, -0.2) is 0 Å². The zero-order chi connectivity index (χ0) is 18.7. The molecule has 1 heterocycles. The van der Waals surface area contributed by atoms with Crippen molar-refractivity contribution in [3.8, 4) is 11.5 Å². The molecule has 1 aliphatic carbocycles. The molecule has 0 spiro atoms. The molecule has 0 radical (unpaired) electrons. The molecule has 140 valence electrons. The predicted octanol–water partition coefficient (Wildman–Crippen LogP) is 4.42. The standard InChI is InChI=1S/C19H25N3O3S/c1-19(2,3)17-21-22-18(26-17)20-16(23)12-9-10-14(15(11-12)24-4)25-13-7-5-6-8-13/h9-11,13H,5-8H2,1-4H3,(H,20,22,23). The number of nitrogens with zero attached hydrogens (tertiary/aromatic N) is 2. The molecule has 0 bridgehead atoms. The number of carbonyl (C=O) groups excluding carboxylic acids is 1. The summed E-state index contributed by atoms with van der Waals surface area (Å²) in [6.45, 7) is 6.19. The van der Waals surface area contributed by atoms with E-state index in [-0.39, 0.29) is 17.4 Å². The summed E-state index contributed by atoms with van der Waals surface area (Å²) in [4.78, 5) is 12.5. The van der Waals surface area contributed by atoms with E-state index in [0.717, 1.165) is 17.8 Å². The van der Waals surface area contributed by atoms with Crippen LogP contribution in [0.25, 0.3) is 0 Å². The second-order valence-electron chi connectivity index (χ2n) is 7.51. The second-order valence-corrected chi connectivity index (χ2v) is 8.48. The number of ether oxygens (including phenoxy) is 2. The molecular weight excluding hydrogens is 350 g/mol. The largest absolute Gasteiger partial charge is 0.493 e. The second kappa shape index (κ2) is 7.61. The van der Waals surface area contributed by atoms with Crippen LogP contribution in [0.2, 0.25) is 0 Å². The number of nitrogens with one attached hydrogen (secondary N) is 1. The highest BCUT2D eigenvalue weighted by molar-refractivity contribution is 7.15. The Hall–Kier alpha value is -2.15. The van der Waals surface area contributed by atoms with E-state index in [9.17, 15) is 4.79 Å². The third-order valence-corrected chi connectivity index (χ3v) is 5.57. The minimum atomic E-state index is -0.243. The van der Waals surface area contributed by atoms with E-state index < -0.39 is 0 Å². The first-order valence-electron chi connectivity index (χ1n) is 8.87. The van der Waals surface area contributed by atoms with Gasteiger partial charge in [0, 0.05) is 11.0 Å². The summed E-state index contributed by atoms with van der Waals surface area (Å²) in [5, 5.41) is 12.4. The molecule has 2 aromatic rings. The van der Waals surface area contributed by atoms with E-state index in [1.807, 2.05) is 0 Å². The lowest BCUT2D eigenvalue weighted by atomic mass is 9.98. The quantitative estimate of drug-likeness (QED) is 0.837. The van der Waals surface area contributed by atoms with E-state index in [4.69, 9.17) is 9.47 Å². The van der Waals surface area contributed by atoms with Gasteiger partial charge in [0.15, 0.2) is 11.5 Å². The van der Waals surface area contributed by atoms with Gasteiger partial charge in [0.1, 0.15) is 5.01 Å². The third-order valence-electron chi connectivity index (χ3n) is 4.31. The van der Waals surface area contributed by atoms with E-state index in [2.05, 4.69) is 36.3 Å². The first kappa shape index (κ1) is 18.6. The molecule has 26 heavy (non-hydrogen) atoms. The van der Waals surface area contributed by atoms with Crippen LogP contribution < -0.4 is 14.8 Å². The first-order valence-corrected chi connectivity index (χ1v) is 9.68. The van der Waals surface area contributed by atoms with Crippen LogP contribution in [0.5, 0.6) is 11.5 Å². The summed E-state index contributed by atoms with van der Waals surface area (Å²) >= 11 is 1.39. The first-order chi connectivity index (χ1) is 12.4. The van der Waals surface area contributed by atoms with Crippen LogP contribution in [0.15, 0.2) is 18.2 Å². The Bertz CT molecular complexity index is 777. The summed E-state index contributed by atoms with van der Waals surface area (Å²) in [5.74, 6) is 1.01. The van der Waals surface area contributed by atoms with Crippen molar-refractivity contribution in [2.45, 2.75) is 58.0 Å². The maximum absolute atomic E-state index is 12.5. The summed E-state index contributed by atoms with van der Waals surface area (Å²) in [6, 6.07) is 5.24. The Morgan fingerprint density at radius 3 is 2.54 bits per heavy atom. The maximum Gasteiger partial charge on any atom is 0.257 e. The molecule has 0 aliphatic heterocycles. The Labute approximate surface area is 157 Å². The molecule has 0 atom stereocenters. The lowest BCUT2D eigenvalue weighted by Crippen LogP contribution is -2.14. The fraction of sp³-hybridized carbons (Fsp3) is 0.526. The Kier molecular flexibility index (Phi) is 5.46. The van der Waals surface area contributed by atoms with Gasteiger partial charge in [-0.1, -0.05) is 32.1 Å². The molecule has 1 aromatic carbocycles. The van der Waals surface area contributed by atoms with Crippen LogP contribution in [0.4, 0.5) is 5.13 Å². The number of anilines is 1. The van der Waals surface area contributed by atoms with Crippen LogP contribution in [0.1, 0.15) is 61.8 Å². The topological polar surface area (TPSA) is 73.3 Å². The lowest BCUT2D eigenvalue weighted by Gasteiger charge is -2.16. The van der Waals surface area contributed by atoms with Crippen LogP contribution >= 0.6 is 11.3 Å². The fourth-order valence-corrected chi connectivity index (χ4v) is 3.63. The van der Waals surface area contributed by atoms with Gasteiger partial charge in [-0.05, 0) is 43.9 Å².